The molecule has 2 aromatic carbocycles. The van der Waals surface area contributed by atoms with Gasteiger partial charge in [-0.2, -0.15) is 5.10 Å². The largest absolute Gasteiger partial charge is 0.456 e. The summed E-state index contributed by atoms with van der Waals surface area (Å²) in [7, 11) is 0. The lowest BCUT2D eigenvalue weighted by molar-refractivity contribution is 0.140. The number of halogens is 1. The highest BCUT2D eigenvalue weighted by molar-refractivity contribution is 6.36. The quantitative estimate of drug-likeness (QED) is 0.288. The normalized spacial score (nSPS) is 15.3. The molecule has 5 aromatic rings. The van der Waals surface area contributed by atoms with Crippen LogP contribution in [-0.2, 0) is 6.54 Å². The van der Waals surface area contributed by atoms with Gasteiger partial charge >= 0.3 is 0 Å². The first-order valence-corrected chi connectivity index (χ1v) is 13.2. The second-order valence-corrected chi connectivity index (χ2v) is 10.5. The Kier molecular flexibility index (Phi) is 6.30. The molecule has 3 aromatic heterocycles. The van der Waals surface area contributed by atoms with E-state index in [0.717, 1.165) is 47.7 Å². The first kappa shape index (κ1) is 23.9. The molecule has 8 nitrogen and oxygen atoms in total. The van der Waals surface area contributed by atoms with E-state index in [1.807, 2.05) is 48.1 Å². The average molecular weight is 516 g/mol. The molecule has 0 amide bonds. The molecule has 1 aliphatic heterocycles. The molecule has 0 spiro atoms. The van der Waals surface area contributed by atoms with Crippen molar-refractivity contribution in [1.29, 1.82) is 0 Å². The second kappa shape index (κ2) is 9.76. The maximum atomic E-state index is 6.77. The van der Waals surface area contributed by atoms with Crippen molar-refractivity contribution in [2.75, 3.05) is 13.1 Å². The molecular weight excluding hydrogens is 486 g/mol. The van der Waals surface area contributed by atoms with Gasteiger partial charge in [0.25, 0.3) is 0 Å². The summed E-state index contributed by atoms with van der Waals surface area (Å²) in [6, 6.07) is 10.0. The molecule has 37 heavy (non-hydrogen) atoms. The highest BCUT2D eigenvalue weighted by atomic mass is 35.5. The summed E-state index contributed by atoms with van der Waals surface area (Å²) in [6.45, 7) is 9.71. The third kappa shape index (κ3) is 4.91. The lowest BCUT2D eigenvalue weighted by atomic mass is 9.96. The molecule has 0 aliphatic carbocycles. The van der Waals surface area contributed by atoms with Crippen LogP contribution in [0.2, 0.25) is 5.02 Å². The van der Waals surface area contributed by atoms with E-state index in [9.17, 15) is 0 Å². The van der Waals surface area contributed by atoms with Crippen molar-refractivity contribution in [1.82, 2.24) is 34.6 Å². The first-order chi connectivity index (χ1) is 17.9. The van der Waals surface area contributed by atoms with E-state index in [0.29, 0.717) is 39.5 Å². The smallest absolute Gasteiger partial charge is 0.148 e. The zero-order valence-corrected chi connectivity index (χ0v) is 22.0. The second-order valence-electron chi connectivity index (χ2n) is 10.1. The predicted octanol–water partition coefficient (Wildman–Crippen LogP) is 6.24. The number of H-pyrrole nitrogens is 1. The molecule has 1 N–H and O–H groups in total. The SMILES string of the molecule is Cc1nc2ccc(Oc3ccc4ncc(-c5cnn(CC6CCN(C(C)C)CC6)c5)nc4c3Cl)cc2[nH]1. The van der Waals surface area contributed by atoms with E-state index in [1.165, 1.54) is 12.8 Å². The van der Waals surface area contributed by atoms with Crippen molar-refractivity contribution in [3.63, 3.8) is 0 Å². The van der Waals surface area contributed by atoms with Crippen LogP contribution in [0.5, 0.6) is 11.5 Å². The lowest BCUT2D eigenvalue weighted by Gasteiger charge is -2.34. The number of hydrogen-bond donors (Lipinski definition) is 1. The summed E-state index contributed by atoms with van der Waals surface area (Å²) in [4.78, 5) is 19.7. The molecule has 190 valence electrons. The number of nitrogens with zero attached hydrogens (tertiary/aromatic N) is 6. The molecule has 0 bridgehead atoms. The number of piperidine rings is 1. The number of rotatable bonds is 6. The van der Waals surface area contributed by atoms with Crippen molar-refractivity contribution < 1.29 is 4.74 Å². The van der Waals surface area contributed by atoms with Crippen LogP contribution < -0.4 is 4.74 Å². The number of ether oxygens (including phenoxy) is 1. The summed E-state index contributed by atoms with van der Waals surface area (Å²) in [5, 5.41) is 5.04. The zero-order valence-electron chi connectivity index (χ0n) is 21.3. The number of fused-ring (bicyclic) bond motifs is 2. The summed E-state index contributed by atoms with van der Waals surface area (Å²) in [5.74, 6) is 2.70. The molecule has 0 unspecified atom stereocenters. The highest BCUT2D eigenvalue weighted by Gasteiger charge is 2.21. The number of imidazole rings is 1. The highest BCUT2D eigenvalue weighted by Crippen LogP contribution is 2.35. The van der Waals surface area contributed by atoms with Gasteiger partial charge in [0.05, 0.1) is 34.6 Å². The fourth-order valence-corrected chi connectivity index (χ4v) is 5.30. The van der Waals surface area contributed by atoms with E-state index in [2.05, 4.69) is 45.0 Å². The Morgan fingerprint density at radius 3 is 2.70 bits per heavy atom. The van der Waals surface area contributed by atoms with Crippen molar-refractivity contribution in [3.8, 4) is 22.8 Å². The Labute approximate surface area is 220 Å². The lowest BCUT2D eigenvalue weighted by Crippen LogP contribution is -2.39. The number of aromatic amines is 1. The molecule has 6 rings (SSSR count). The van der Waals surface area contributed by atoms with E-state index < -0.39 is 0 Å². The monoisotopic (exact) mass is 515 g/mol. The van der Waals surface area contributed by atoms with Crippen LogP contribution in [0, 0.1) is 12.8 Å². The van der Waals surface area contributed by atoms with Gasteiger partial charge in [0.2, 0.25) is 0 Å². The van der Waals surface area contributed by atoms with Gasteiger partial charge < -0.3 is 14.6 Å². The molecular formula is C28H30ClN7O. The van der Waals surface area contributed by atoms with Gasteiger partial charge in [0.15, 0.2) is 0 Å². The van der Waals surface area contributed by atoms with E-state index in [4.69, 9.17) is 21.3 Å². The number of nitrogens with one attached hydrogen (secondary N) is 1. The van der Waals surface area contributed by atoms with Gasteiger partial charge in [0, 0.05) is 30.4 Å². The maximum absolute atomic E-state index is 6.77. The first-order valence-electron chi connectivity index (χ1n) is 12.8. The van der Waals surface area contributed by atoms with Crippen LogP contribution in [0.4, 0.5) is 0 Å². The third-order valence-electron chi connectivity index (χ3n) is 7.17. The van der Waals surface area contributed by atoms with Gasteiger partial charge in [0.1, 0.15) is 27.9 Å². The predicted molar refractivity (Wildman–Crippen MR) is 146 cm³/mol. The fraction of sp³-hybridized carbons (Fsp3) is 0.357. The van der Waals surface area contributed by atoms with Gasteiger partial charge in [-0.15, -0.1) is 0 Å². The van der Waals surface area contributed by atoms with E-state index in [-0.39, 0.29) is 0 Å². The summed E-state index contributed by atoms with van der Waals surface area (Å²) in [6.07, 6.45) is 8.09. The number of aromatic nitrogens is 6. The van der Waals surface area contributed by atoms with Crippen LogP contribution in [-0.4, -0.2) is 53.7 Å². The van der Waals surface area contributed by atoms with Gasteiger partial charge in [-0.05, 0) is 76.9 Å². The minimum atomic E-state index is 0.428. The molecule has 9 heteroatoms. The zero-order chi connectivity index (χ0) is 25.5. The van der Waals surface area contributed by atoms with E-state index >= 15 is 0 Å². The average Bonchev–Trinajstić information content (AvgIpc) is 3.51. The standard InChI is InChI=1S/C28H30ClN7O/c1-17(2)35-10-8-19(9-11-35)15-36-16-20(13-31-36)25-14-30-23-6-7-26(27(29)28(23)34-25)37-21-4-5-22-24(12-21)33-18(3)32-22/h4-7,12-14,16-17,19H,8-11,15H2,1-3H3,(H,32,33). The Hall–Kier alpha value is -3.49. The van der Waals surface area contributed by atoms with Crippen molar-refractivity contribution >= 4 is 33.7 Å². The van der Waals surface area contributed by atoms with Gasteiger partial charge in [-0.25, -0.2) is 9.97 Å². The molecule has 1 saturated heterocycles. The summed E-state index contributed by atoms with van der Waals surface area (Å²) in [5.41, 5.74) is 4.79. The Morgan fingerprint density at radius 1 is 1.08 bits per heavy atom. The number of likely N-dealkylation sites (tertiary alicyclic amines) is 1. The molecule has 1 aliphatic rings. The molecule has 4 heterocycles. The number of hydrogen-bond acceptors (Lipinski definition) is 6. The topological polar surface area (TPSA) is 84.8 Å². The summed E-state index contributed by atoms with van der Waals surface area (Å²) < 4.78 is 8.16. The van der Waals surface area contributed by atoms with Crippen molar-refractivity contribution in [2.45, 2.75) is 46.2 Å². The molecule has 0 saturated carbocycles. The third-order valence-corrected chi connectivity index (χ3v) is 7.54. The van der Waals surface area contributed by atoms with Crippen LogP contribution in [0.15, 0.2) is 48.9 Å². The minimum absolute atomic E-state index is 0.428. The van der Waals surface area contributed by atoms with Crippen LogP contribution in [0.25, 0.3) is 33.3 Å². The van der Waals surface area contributed by atoms with Gasteiger partial charge in [-0.1, -0.05) is 11.6 Å². The number of aryl methyl sites for hydroxylation is 1. The molecule has 0 atom stereocenters. The Bertz CT molecular complexity index is 1570. The van der Waals surface area contributed by atoms with Crippen LogP contribution in [0.3, 0.4) is 0 Å². The maximum Gasteiger partial charge on any atom is 0.148 e. The van der Waals surface area contributed by atoms with Crippen LogP contribution in [0.1, 0.15) is 32.5 Å². The molecule has 0 radical (unpaired) electrons. The van der Waals surface area contributed by atoms with Crippen molar-refractivity contribution in [2.24, 2.45) is 5.92 Å². The van der Waals surface area contributed by atoms with Crippen molar-refractivity contribution in [3.05, 3.63) is 59.8 Å². The molecule has 1 fully saturated rings. The summed E-state index contributed by atoms with van der Waals surface area (Å²) >= 11 is 6.77. The Balaban J connectivity index is 1.21. The van der Waals surface area contributed by atoms with Gasteiger partial charge in [-0.3, -0.25) is 9.67 Å². The number of benzene rings is 2. The minimum Gasteiger partial charge on any atom is -0.456 e. The Morgan fingerprint density at radius 2 is 1.89 bits per heavy atom. The fourth-order valence-electron chi connectivity index (χ4n) is 5.06. The van der Waals surface area contributed by atoms with E-state index in [1.54, 1.807) is 6.20 Å². The van der Waals surface area contributed by atoms with Crippen LogP contribution >= 0.6 is 11.6 Å².